The van der Waals surface area contributed by atoms with Crippen molar-refractivity contribution in [3.8, 4) is 0 Å². The second-order valence-electron chi connectivity index (χ2n) is 7.80. The van der Waals surface area contributed by atoms with Crippen LogP contribution in [0.25, 0.3) is 0 Å². The fraction of sp³-hybridized carbons (Fsp3) is 0.417. The maximum absolute atomic E-state index is 13.8. The standard InChI is InChI=1S/C24H30F2N2O2S/c1-4-22(24(30)27-13-17(2)3)28(14-18-9-11-20(25)12-10-18)23(29)16-31-15-19-7-5-6-8-21(19)26/h5-12,17,22H,4,13-16H2,1-3H3,(H,27,30)/t22-/m0/s1. The Morgan fingerprint density at radius 3 is 2.35 bits per heavy atom. The summed E-state index contributed by atoms with van der Waals surface area (Å²) in [6.45, 7) is 6.59. The van der Waals surface area contributed by atoms with Gasteiger partial charge in [-0.3, -0.25) is 9.59 Å². The number of hydrogen-bond acceptors (Lipinski definition) is 3. The van der Waals surface area contributed by atoms with Crippen LogP contribution in [0.1, 0.15) is 38.3 Å². The molecule has 0 spiro atoms. The van der Waals surface area contributed by atoms with Crippen molar-refractivity contribution >= 4 is 23.6 Å². The van der Waals surface area contributed by atoms with Gasteiger partial charge in [0.05, 0.1) is 5.75 Å². The number of carbonyl (C=O) groups is 2. The molecule has 4 nitrogen and oxygen atoms in total. The van der Waals surface area contributed by atoms with E-state index < -0.39 is 6.04 Å². The molecule has 2 aromatic carbocycles. The Kier molecular flexibility index (Phi) is 9.98. The third-order valence-corrected chi connectivity index (χ3v) is 5.74. The zero-order chi connectivity index (χ0) is 22.8. The molecule has 0 fully saturated rings. The molecule has 2 amide bonds. The minimum atomic E-state index is -0.634. The Morgan fingerprint density at radius 2 is 1.74 bits per heavy atom. The second-order valence-corrected chi connectivity index (χ2v) is 8.78. The van der Waals surface area contributed by atoms with Crippen LogP contribution in [0, 0.1) is 17.6 Å². The Bertz CT molecular complexity index is 859. The molecular formula is C24H30F2N2O2S. The Balaban J connectivity index is 2.12. The van der Waals surface area contributed by atoms with Crippen LogP contribution in [0.2, 0.25) is 0 Å². The van der Waals surface area contributed by atoms with Gasteiger partial charge in [0.2, 0.25) is 11.8 Å². The quantitative estimate of drug-likeness (QED) is 0.538. The second kappa shape index (κ2) is 12.4. The van der Waals surface area contributed by atoms with Crippen molar-refractivity contribution in [3.63, 3.8) is 0 Å². The van der Waals surface area contributed by atoms with Crippen molar-refractivity contribution in [2.45, 2.75) is 45.5 Å². The summed E-state index contributed by atoms with van der Waals surface area (Å²) in [6.07, 6.45) is 0.453. The van der Waals surface area contributed by atoms with E-state index in [1.807, 2.05) is 20.8 Å². The number of carbonyl (C=O) groups excluding carboxylic acids is 2. The van der Waals surface area contributed by atoms with Crippen molar-refractivity contribution in [2.24, 2.45) is 5.92 Å². The van der Waals surface area contributed by atoms with Crippen molar-refractivity contribution in [2.75, 3.05) is 12.3 Å². The van der Waals surface area contributed by atoms with Crippen LogP contribution in [0.4, 0.5) is 8.78 Å². The SMILES string of the molecule is CC[C@@H](C(=O)NCC(C)C)N(Cc1ccc(F)cc1)C(=O)CSCc1ccccc1F. The summed E-state index contributed by atoms with van der Waals surface area (Å²) < 4.78 is 27.1. The lowest BCUT2D eigenvalue weighted by atomic mass is 10.1. The normalized spacial score (nSPS) is 11.9. The molecule has 0 saturated heterocycles. The molecule has 0 aromatic heterocycles. The molecule has 0 unspecified atom stereocenters. The van der Waals surface area contributed by atoms with Gasteiger partial charge in [0.15, 0.2) is 0 Å². The summed E-state index contributed by atoms with van der Waals surface area (Å²) in [4.78, 5) is 27.4. The first kappa shape index (κ1) is 24.9. The average Bonchev–Trinajstić information content (AvgIpc) is 2.74. The molecule has 7 heteroatoms. The van der Waals surface area contributed by atoms with Gasteiger partial charge in [-0.05, 0) is 41.7 Å². The van der Waals surface area contributed by atoms with E-state index in [1.54, 1.807) is 30.3 Å². The van der Waals surface area contributed by atoms with Gasteiger partial charge in [0.1, 0.15) is 17.7 Å². The first-order chi connectivity index (χ1) is 14.8. The van der Waals surface area contributed by atoms with Crippen molar-refractivity contribution in [1.82, 2.24) is 10.2 Å². The van der Waals surface area contributed by atoms with Crippen LogP contribution < -0.4 is 5.32 Å². The van der Waals surface area contributed by atoms with Gasteiger partial charge >= 0.3 is 0 Å². The monoisotopic (exact) mass is 448 g/mol. The van der Waals surface area contributed by atoms with Crippen molar-refractivity contribution in [1.29, 1.82) is 0 Å². The maximum Gasteiger partial charge on any atom is 0.242 e. The molecule has 0 aliphatic rings. The lowest BCUT2D eigenvalue weighted by Gasteiger charge is -2.31. The molecule has 0 heterocycles. The summed E-state index contributed by atoms with van der Waals surface area (Å²) in [7, 11) is 0. The van der Waals surface area contributed by atoms with E-state index in [9.17, 15) is 18.4 Å². The lowest BCUT2D eigenvalue weighted by molar-refractivity contribution is -0.139. The van der Waals surface area contributed by atoms with Crippen LogP contribution in [-0.4, -0.2) is 35.1 Å². The zero-order valence-corrected chi connectivity index (χ0v) is 19.1. The first-order valence-electron chi connectivity index (χ1n) is 10.4. The van der Waals surface area contributed by atoms with Gasteiger partial charge in [-0.2, -0.15) is 0 Å². The number of thioether (sulfide) groups is 1. The minimum absolute atomic E-state index is 0.115. The molecule has 0 saturated carbocycles. The number of amides is 2. The van der Waals surface area contributed by atoms with E-state index in [1.165, 1.54) is 34.9 Å². The van der Waals surface area contributed by atoms with Gasteiger partial charge in [-0.1, -0.05) is 51.1 Å². The number of nitrogens with one attached hydrogen (secondary N) is 1. The third kappa shape index (κ3) is 7.98. The summed E-state index contributed by atoms with van der Waals surface area (Å²) in [5.41, 5.74) is 1.27. The average molecular weight is 449 g/mol. The van der Waals surface area contributed by atoms with Crippen molar-refractivity contribution < 1.29 is 18.4 Å². The summed E-state index contributed by atoms with van der Waals surface area (Å²) in [6, 6.07) is 11.7. The summed E-state index contributed by atoms with van der Waals surface area (Å²) >= 11 is 1.30. The lowest BCUT2D eigenvalue weighted by Crippen LogP contribution is -2.50. The highest BCUT2D eigenvalue weighted by Crippen LogP contribution is 2.19. The van der Waals surface area contributed by atoms with E-state index >= 15 is 0 Å². The van der Waals surface area contributed by atoms with Crippen LogP contribution >= 0.6 is 11.8 Å². The third-order valence-electron chi connectivity index (χ3n) is 4.78. The summed E-state index contributed by atoms with van der Waals surface area (Å²) in [5.74, 6) is -0.307. The molecular weight excluding hydrogens is 418 g/mol. The molecule has 1 N–H and O–H groups in total. The predicted octanol–water partition coefficient (Wildman–Crippen LogP) is 4.78. The van der Waals surface area contributed by atoms with E-state index in [4.69, 9.17) is 0 Å². The van der Waals surface area contributed by atoms with Crippen molar-refractivity contribution in [3.05, 3.63) is 71.3 Å². The molecule has 0 radical (unpaired) electrons. The Morgan fingerprint density at radius 1 is 1.06 bits per heavy atom. The van der Waals surface area contributed by atoms with Crippen LogP contribution in [0.3, 0.4) is 0 Å². The smallest absolute Gasteiger partial charge is 0.242 e. The van der Waals surface area contributed by atoms with Gasteiger partial charge in [-0.15, -0.1) is 11.8 Å². The van der Waals surface area contributed by atoms with Crippen LogP contribution in [-0.2, 0) is 21.9 Å². The van der Waals surface area contributed by atoms with Gasteiger partial charge in [-0.25, -0.2) is 8.78 Å². The highest BCUT2D eigenvalue weighted by Gasteiger charge is 2.28. The highest BCUT2D eigenvalue weighted by atomic mass is 32.2. The van der Waals surface area contributed by atoms with Gasteiger partial charge in [0, 0.05) is 18.8 Å². The maximum atomic E-state index is 13.8. The fourth-order valence-corrected chi connectivity index (χ4v) is 3.97. The van der Waals surface area contributed by atoms with E-state index in [0.717, 1.165) is 5.56 Å². The molecule has 0 aliphatic carbocycles. The molecule has 2 rings (SSSR count). The molecule has 0 aliphatic heterocycles. The molecule has 0 bridgehead atoms. The Labute approximate surface area is 187 Å². The number of rotatable bonds is 11. The van der Waals surface area contributed by atoms with Gasteiger partial charge in [0.25, 0.3) is 0 Å². The topological polar surface area (TPSA) is 49.4 Å². The number of hydrogen-bond donors (Lipinski definition) is 1. The highest BCUT2D eigenvalue weighted by molar-refractivity contribution is 7.99. The van der Waals surface area contributed by atoms with Crippen LogP contribution in [0.15, 0.2) is 48.5 Å². The number of benzene rings is 2. The van der Waals surface area contributed by atoms with E-state index in [0.29, 0.717) is 30.2 Å². The molecule has 1 atom stereocenters. The predicted molar refractivity (Wildman–Crippen MR) is 121 cm³/mol. The largest absolute Gasteiger partial charge is 0.354 e. The number of nitrogens with zero attached hydrogens (tertiary/aromatic N) is 1. The molecule has 31 heavy (non-hydrogen) atoms. The van der Waals surface area contributed by atoms with Gasteiger partial charge < -0.3 is 10.2 Å². The summed E-state index contributed by atoms with van der Waals surface area (Å²) in [5, 5.41) is 2.90. The Hall–Kier alpha value is -2.41. The molecule has 168 valence electrons. The first-order valence-corrected chi connectivity index (χ1v) is 11.6. The zero-order valence-electron chi connectivity index (χ0n) is 18.2. The van der Waals surface area contributed by atoms with E-state index in [2.05, 4.69) is 5.32 Å². The minimum Gasteiger partial charge on any atom is -0.354 e. The van der Waals surface area contributed by atoms with E-state index in [-0.39, 0.29) is 35.7 Å². The molecule has 2 aromatic rings. The fourth-order valence-electron chi connectivity index (χ4n) is 3.08. The van der Waals surface area contributed by atoms with Crippen LogP contribution in [0.5, 0.6) is 0 Å². The number of halogens is 2.